The highest BCUT2D eigenvalue weighted by Gasteiger charge is 2.40. The van der Waals surface area contributed by atoms with Gasteiger partial charge in [-0.25, -0.2) is 15.0 Å². The van der Waals surface area contributed by atoms with E-state index in [1.54, 1.807) is 0 Å². The van der Waals surface area contributed by atoms with Crippen LogP contribution < -0.4 is 4.74 Å². The lowest BCUT2D eigenvalue weighted by Crippen LogP contribution is -2.21. The maximum atomic E-state index is 6.58. The molecule has 6 aromatic carbocycles. The molecule has 5 nitrogen and oxygen atoms in total. The molecule has 50 heavy (non-hydrogen) atoms. The SMILES string of the molecule is C1=CC2Oc3cccc(-c4ccccc4)c3C2C(c2nc(-c3ccc(-c4ccccc4)cc3)nc(-c3ccc4c(c3)oc3ccccc34)n2)=C1. The molecule has 10 rings (SSSR count). The Bertz CT molecular complexity index is 2620. The lowest BCUT2D eigenvalue weighted by atomic mass is 9.81. The molecule has 1 aliphatic carbocycles. The molecule has 2 unspecified atom stereocenters. The molecular weight excluding hydrogens is 615 g/mol. The predicted octanol–water partition coefficient (Wildman–Crippen LogP) is 10.9. The number of hydrogen-bond donors (Lipinski definition) is 0. The second kappa shape index (κ2) is 11.5. The van der Waals surface area contributed by atoms with E-state index < -0.39 is 0 Å². The first-order valence-electron chi connectivity index (χ1n) is 16.8. The second-order valence-corrected chi connectivity index (χ2v) is 12.7. The topological polar surface area (TPSA) is 61.0 Å². The molecule has 5 heteroatoms. The Morgan fingerprint density at radius 1 is 0.480 bits per heavy atom. The number of ether oxygens (including phenoxy) is 1. The molecule has 3 heterocycles. The third kappa shape index (κ3) is 4.74. The van der Waals surface area contributed by atoms with E-state index in [2.05, 4.69) is 127 Å². The quantitative estimate of drug-likeness (QED) is 0.187. The molecule has 2 atom stereocenters. The summed E-state index contributed by atoms with van der Waals surface area (Å²) in [6.07, 6.45) is 6.15. The number of allylic oxidation sites excluding steroid dienone is 2. The van der Waals surface area contributed by atoms with E-state index in [4.69, 9.17) is 24.1 Å². The molecule has 8 aromatic rings. The van der Waals surface area contributed by atoms with Crippen molar-refractivity contribution < 1.29 is 9.15 Å². The number of benzene rings is 6. The Morgan fingerprint density at radius 2 is 1.12 bits per heavy atom. The number of nitrogens with zero attached hydrogens (tertiary/aromatic N) is 3. The van der Waals surface area contributed by atoms with Gasteiger partial charge in [0, 0.05) is 33.0 Å². The van der Waals surface area contributed by atoms with Gasteiger partial charge in [-0.2, -0.15) is 0 Å². The van der Waals surface area contributed by atoms with Crippen LogP contribution >= 0.6 is 0 Å². The van der Waals surface area contributed by atoms with Crippen LogP contribution in [0.5, 0.6) is 5.75 Å². The fourth-order valence-corrected chi connectivity index (χ4v) is 7.36. The van der Waals surface area contributed by atoms with Gasteiger partial charge in [-0.05, 0) is 52.6 Å². The highest BCUT2D eigenvalue weighted by Crippen LogP contribution is 2.51. The van der Waals surface area contributed by atoms with Crippen LogP contribution in [0.1, 0.15) is 17.3 Å². The molecule has 236 valence electrons. The third-order valence-electron chi connectivity index (χ3n) is 9.75. The summed E-state index contributed by atoms with van der Waals surface area (Å²) in [6.45, 7) is 0. The maximum absolute atomic E-state index is 6.58. The molecule has 0 spiro atoms. The summed E-state index contributed by atoms with van der Waals surface area (Å²) >= 11 is 0. The van der Waals surface area contributed by atoms with Gasteiger partial charge >= 0.3 is 0 Å². The number of para-hydroxylation sites is 1. The summed E-state index contributed by atoms with van der Waals surface area (Å²) in [5.74, 6) is 2.62. The first-order valence-corrected chi connectivity index (χ1v) is 16.8. The van der Waals surface area contributed by atoms with Crippen molar-refractivity contribution in [2.75, 3.05) is 0 Å². The fourth-order valence-electron chi connectivity index (χ4n) is 7.36. The van der Waals surface area contributed by atoms with Crippen LogP contribution in [0.25, 0.3) is 72.5 Å². The molecule has 2 aliphatic rings. The molecule has 0 saturated heterocycles. The van der Waals surface area contributed by atoms with Crippen LogP contribution in [0.2, 0.25) is 0 Å². The minimum atomic E-state index is -0.171. The molecule has 0 amide bonds. The van der Waals surface area contributed by atoms with Crippen molar-refractivity contribution in [3.63, 3.8) is 0 Å². The molecule has 1 aliphatic heterocycles. The smallest absolute Gasteiger partial charge is 0.164 e. The Labute approximate surface area is 288 Å². The Balaban J connectivity index is 1.14. The van der Waals surface area contributed by atoms with Crippen molar-refractivity contribution in [3.8, 4) is 50.8 Å². The zero-order valence-corrected chi connectivity index (χ0v) is 26.9. The zero-order chi connectivity index (χ0) is 33.0. The van der Waals surface area contributed by atoms with Gasteiger partial charge in [-0.1, -0.05) is 133 Å². The first kappa shape index (κ1) is 28.4. The number of hydrogen-bond acceptors (Lipinski definition) is 5. The molecular formula is C45H29N3O2. The Hall–Kier alpha value is -6.59. The van der Waals surface area contributed by atoms with E-state index >= 15 is 0 Å². The van der Waals surface area contributed by atoms with Crippen LogP contribution in [0.15, 0.2) is 168 Å². The van der Waals surface area contributed by atoms with E-state index in [0.717, 1.165) is 72.2 Å². The molecule has 0 radical (unpaired) electrons. The van der Waals surface area contributed by atoms with Crippen molar-refractivity contribution in [1.29, 1.82) is 0 Å². The average molecular weight is 644 g/mol. The van der Waals surface area contributed by atoms with Gasteiger partial charge in [0.15, 0.2) is 17.5 Å². The van der Waals surface area contributed by atoms with Crippen molar-refractivity contribution in [2.24, 2.45) is 0 Å². The fraction of sp³-hybridized carbons (Fsp3) is 0.0444. The maximum Gasteiger partial charge on any atom is 0.164 e. The molecule has 2 aromatic heterocycles. The van der Waals surface area contributed by atoms with E-state index in [0.29, 0.717) is 17.5 Å². The lowest BCUT2D eigenvalue weighted by molar-refractivity contribution is 0.271. The summed E-state index contributed by atoms with van der Waals surface area (Å²) in [5, 5.41) is 2.15. The van der Waals surface area contributed by atoms with E-state index in [1.807, 2.05) is 36.4 Å². The van der Waals surface area contributed by atoms with Crippen LogP contribution in [0, 0.1) is 0 Å². The van der Waals surface area contributed by atoms with E-state index in [9.17, 15) is 0 Å². The largest absolute Gasteiger partial charge is 0.485 e. The van der Waals surface area contributed by atoms with Gasteiger partial charge in [-0.3, -0.25) is 0 Å². The number of rotatable bonds is 5. The average Bonchev–Trinajstić information content (AvgIpc) is 3.77. The normalized spacial score (nSPS) is 16.2. The Kier molecular flexibility index (Phi) is 6.56. The van der Waals surface area contributed by atoms with Gasteiger partial charge in [0.05, 0.1) is 5.92 Å². The van der Waals surface area contributed by atoms with Gasteiger partial charge in [0.2, 0.25) is 0 Å². The third-order valence-corrected chi connectivity index (χ3v) is 9.75. The molecule has 0 bridgehead atoms. The second-order valence-electron chi connectivity index (χ2n) is 12.7. The predicted molar refractivity (Wildman–Crippen MR) is 200 cm³/mol. The highest BCUT2D eigenvalue weighted by atomic mass is 16.5. The lowest BCUT2D eigenvalue weighted by Gasteiger charge is -2.23. The minimum absolute atomic E-state index is 0.0900. The first-order chi connectivity index (χ1) is 24.8. The van der Waals surface area contributed by atoms with Gasteiger partial charge < -0.3 is 9.15 Å². The summed E-state index contributed by atoms with van der Waals surface area (Å²) in [5.41, 5.74) is 10.2. The molecule has 0 N–H and O–H groups in total. The van der Waals surface area contributed by atoms with E-state index in [1.165, 1.54) is 0 Å². The monoisotopic (exact) mass is 643 g/mol. The van der Waals surface area contributed by atoms with Gasteiger partial charge in [-0.15, -0.1) is 0 Å². The van der Waals surface area contributed by atoms with Crippen molar-refractivity contribution in [1.82, 2.24) is 15.0 Å². The van der Waals surface area contributed by atoms with Crippen molar-refractivity contribution in [2.45, 2.75) is 12.0 Å². The molecule has 0 saturated carbocycles. The number of aromatic nitrogens is 3. The van der Waals surface area contributed by atoms with Gasteiger partial charge in [0.25, 0.3) is 0 Å². The highest BCUT2D eigenvalue weighted by molar-refractivity contribution is 6.05. The van der Waals surface area contributed by atoms with Crippen LogP contribution in [0.3, 0.4) is 0 Å². The van der Waals surface area contributed by atoms with Crippen LogP contribution in [0.4, 0.5) is 0 Å². The summed E-state index contributed by atoms with van der Waals surface area (Å²) in [4.78, 5) is 15.5. The minimum Gasteiger partial charge on any atom is -0.485 e. The van der Waals surface area contributed by atoms with E-state index in [-0.39, 0.29) is 12.0 Å². The summed E-state index contributed by atoms with van der Waals surface area (Å²) < 4.78 is 12.8. The standard InChI is InChI=1S/C45H29N3O2/c1-3-11-28(12-4-1)29-21-23-31(24-22-29)43-46-44(32-25-26-35-34-15-7-8-18-37(34)49-40(35)27-32)48-45(47-43)36-17-10-20-39-42(36)41-33(16-9-19-38(41)50-39)30-13-5-2-6-14-30/h1-27,39,42H. The summed E-state index contributed by atoms with van der Waals surface area (Å²) in [7, 11) is 0. The Morgan fingerprint density at radius 3 is 1.94 bits per heavy atom. The van der Waals surface area contributed by atoms with Gasteiger partial charge in [0.1, 0.15) is 23.0 Å². The van der Waals surface area contributed by atoms with Crippen molar-refractivity contribution in [3.05, 3.63) is 175 Å². The van der Waals surface area contributed by atoms with Crippen molar-refractivity contribution >= 4 is 27.5 Å². The van der Waals surface area contributed by atoms with Crippen LogP contribution in [-0.2, 0) is 0 Å². The van der Waals surface area contributed by atoms with Crippen LogP contribution in [-0.4, -0.2) is 21.1 Å². The molecule has 0 fully saturated rings. The summed E-state index contributed by atoms with van der Waals surface area (Å²) in [6, 6.07) is 49.9. The number of fused-ring (bicyclic) bond motifs is 6. The number of furan rings is 1. The zero-order valence-electron chi connectivity index (χ0n) is 26.9.